The number of unbranched alkanes of at least 4 members (excludes halogenated alkanes) is 2. The second-order valence-electron chi connectivity index (χ2n) is 4.04. The zero-order chi connectivity index (χ0) is 11.1. The van der Waals surface area contributed by atoms with Gasteiger partial charge in [0.1, 0.15) is 0 Å². The van der Waals surface area contributed by atoms with E-state index in [4.69, 9.17) is 0 Å². The van der Waals surface area contributed by atoms with E-state index in [0.29, 0.717) is 0 Å². The van der Waals surface area contributed by atoms with E-state index in [0.717, 1.165) is 12.3 Å². The summed E-state index contributed by atoms with van der Waals surface area (Å²) in [5, 5.41) is 0. The Hall–Kier alpha value is -0.630. The number of benzene rings is 1. The predicted molar refractivity (Wildman–Crippen MR) is 72.2 cm³/mol. The van der Waals surface area contributed by atoms with E-state index in [1.165, 1.54) is 30.5 Å². The molecule has 0 radical (unpaired) electrons. The molecule has 0 fully saturated rings. The summed E-state index contributed by atoms with van der Waals surface area (Å²) in [5.74, 6) is 1.01. The number of aryl methyl sites for hydroxylation is 1. The third-order valence-corrected chi connectivity index (χ3v) is 2.94. The first-order valence-electron chi connectivity index (χ1n) is 5.62. The monoisotopic (exact) mass is 223 g/mol. The van der Waals surface area contributed by atoms with Crippen molar-refractivity contribution in [1.82, 2.24) is 0 Å². The van der Waals surface area contributed by atoms with E-state index in [2.05, 4.69) is 55.8 Å². The maximum Gasteiger partial charge on any atom is 0.0363 e. The van der Waals surface area contributed by atoms with Gasteiger partial charge in [0.15, 0.2) is 0 Å². The molecule has 0 aliphatic carbocycles. The van der Waals surface area contributed by atoms with Crippen molar-refractivity contribution in [3.63, 3.8) is 0 Å². The molecule has 1 aromatic rings. The summed E-state index contributed by atoms with van der Waals surface area (Å²) in [7, 11) is 2.16. The van der Waals surface area contributed by atoms with Gasteiger partial charge >= 0.3 is 0 Å². The van der Waals surface area contributed by atoms with E-state index in [1.54, 1.807) is 0 Å². The molecule has 0 N–H and O–H groups in total. The van der Waals surface area contributed by atoms with Gasteiger partial charge in [0.05, 0.1) is 0 Å². The van der Waals surface area contributed by atoms with Crippen LogP contribution < -0.4 is 4.90 Å². The molecule has 0 amide bonds. The summed E-state index contributed by atoms with van der Waals surface area (Å²) in [6.45, 7) is 3.26. The molecule has 0 heterocycles. The van der Waals surface area contributed by atoms with Crippen molar-refractivity contribution >= 4 is 18.3 Å². The van der Waals surface area contributed by atoms with Crippen LogP contribution in [0.5, 0.6) is 0 Å². The highest BCUT2D eigenvalue weighted by molar-refractivity contribution is 7.80. The highest BCUT2D eigenvalue weighted by atomic mass is 32.1. The van der Waals surface area contributed by atoms with Crippen molar-refractivity contribution in [2.24, 2.45) is 0 Å². The summed E-state index contributed by atoms with van der Waals surface area (Å²) < 4.78 is 0. The zero-order valence-corrected chi connectivity index (χ0v) is 10.6. The number of anilines is 1. The van der Waals surface area contributed by atoms with Crippen LogP contribution >= 0.6 is 12.6 Å². The molecule has 0 saturated heterocycles. The molecular formula is C13H21NS. The van der Waals surface area contributed by atoms with Crippen molar-refractivity contribution in [3.05, 3.63) is 29.8 Å². The molecule has 0 aliphatic rings. The van der Waals surface area contributed by atoms with Crippen LogP contribution in [0.4, 0.5) is 5.69 Å². The lowest BCUT2D eigenvalue weighted by molar-refractivity contribution is 0.710. The largest absolute Gasteiger partial charge is 0.375 e. The Labute approximate surface area is 98.9 Å². The maximum absolute atomic E-state index is 4.21. The van der Waals surface area contributed by atoms with Crippen LogP contribution in [0, 0.1) is 6.92 Å². The van der Waals surface area contributed by atoms with Gasteiger partial charge in [0.25, 0.3) is 0 Å². The molecule has 2 heteroatoms. The lowest BCUT2D eigenvalue weighted by Gasteiger charge is -2.19. The molecule has 1 rings (SSSR count). The summed E-state index contributed by atoms with van der Waals surface area (Å²) in [6, 6.07) is 8.71. The second-order valence-corrected chi connectivity index (χ2v) is 4.49. The molecule has 1 nitrogen and oxygen atoms in total. The molecule has 0 aromatic heterocycles. The maximum atomic E-state index is 4.21. The Morgan fingerprint density at radius 3 is 2.33 bits per heavy atom. The standard InChI is InChI=1S/C13H21NS/c1-12-6-8-13(9-7-12)14(2)10-4-3-5-11-15/h6-9,15H,3-5,10-11H2,1-2H3. The van der Waals surface area contributed by atoms with Gasteiger partial charge in [-0.25, -0.2) is 0 Å². The van der Waals surface area contributed by atoms with E-state index in [-0.39, 0.29) is 0 Å². The van der Waals surface area contributed by atoms with Gasteiger partial charge in [-0.15, -0.1) is 0 Å². The van der Waals surface area contributed by atoms with Crippen LogP contribution in [0.2, 0.25) is 0 Å². The van der Waals surface area contributed by atoms with Gasteiger partial charge in [0, 0.05) is 19.3 Å². The number of hydrogen-bond donors (Lipinski definition) is 1. The van der Waals surface area contributed by atoms with Gasteiger partial charge < -0.3 is 4.90 Å². The minimum Gasteiger partial charge on any atom is -0.375 e. The van der Waals surface area contributed by atoms with Crippen LogP contribution in [-0.2, 0) is 0 Å². The molecule has 0 spiro atoms. The van der Waals surface area contributed by atoms with Crippen LogP contribution in [0.3, 0.4) is 0 Å². The van der Waals surface area contributed by atoms with E-state index in [9.17, 15) is 0 Å². The van der Waals surface area contributed by atoms with Crippen molar-refractivity contribution in [2.75, 3.05) is 24.2 Å². The summed E-state index contributed by atoms with van der Waals surface area (Å²) in [5.41, 5.74) is 2.63. The fourth-order valence-electron chi connectivity index (χ4n) is 1.57. The molecule has 15 heavy (non-hydrogen) atoms. The van der Waals surface area contributed by atoms with Crippen molar-refractivity contribution in [1.29, 1.82) is 0 Å². The molecule has 84 valence electrons. The van der Waals surface area contributed by atoms with Crippen LogP contribution in [0.1, 0.15) is 24.8 Å². The molecule has 0 atom stereocenters. The molecule has 1 aromatic carbocycles. The fourth-order valence-corrected chi connectivity index (χ4v) is 1.79. The summed E-state index contributed by atoms with van der Waals surface area (Å²) in [4.78, 5) is 2.32. The van der Waals surface area contributed by atoms with Crippen molar-refractivity contribution in [2.45, 2.75) is 26.2 Å². The van der Waals surface area contributed by atoms with Crippen molar-refractivity contribution < 1.29 is 0 Å². The Morgan fingerprint density at radius 2 is 1.73 bits per heavy atom. The second kappa shape index (κ2) is 6.78. The highest BCUT2D eigenvalue weighted by Gasteiger charge is 1.99. The Balaban J connectivity index is 2.33. The smallest absolute Gasteiger partial charge is 0.0363 e. The van der Waals surface area contributed by atoms with Gasteiger partial charge in [0.2, 0.25) is 0 Å². The minimum atomic E-state index is 1.01. The molecule has 0 unspecified atom stereocenters. The van der Waals surface area contributed by atoms with Crippen LogP contribution in [0.25, 0.3) is 0 Å². The Morgan fingerprint density at radius 1 is 1.07 bits per heavy atom. The van der Waals surface area contributed by atoms with E-state index in [1.807, 2.05) is 0 Å². The van der Waals surface area contributed by atoms with Crippen LogP contribution in [-0.4, -0.2) is 19.3 Å². The first-order valence-corrected chi connectivity index (χ1v) is 6.26. The quantitative estimate of drug-likeness (QED) is 0.570. The zero-order valence-electron chi connectivity index (χ0n) is 9.74. The SMILES string of the molecule is Cc1ccc(N(C)CCCCCS)cc1. The number of rotatable bonds is 6. The fraction of sp³-hybridized carbons (Fsp3) is 0.538. The topological polar surface area (TPSA) is 3.24 Å². The average Bonchev–Trinajstić information content (AvgIpc) is 2.25. The predicted octanol–water partition coefficient (Wildman–Crippen LogP) is 3.53. The summed E-state index contributed by atoms with van der Waals surface area (Å²) in [6.07, 6.45) is 3.76. The van der Waals surface area contributed by atoms with Crippen LogP contribution in [0.15, 0.2) is 24.3 Å². The third-order valence-electron chi connectivity index (χ3n) is 2.63. The number of nitrogens with zero attached hydrogens (tertiary/aromatic N) is 1. The van der Waals surface area contributed by atoms with Gasteiger partial charge in [-0.2, -0.15) is 12.6 Å². The van der Waals surface area contributed by atoms with Gasteiger partial charge in [-0.05, 0) is 37.7 Å². The van der Waals surface area contributed by atoms with E-state index < -0.39 is 0 Å². The number of thiol groups is 1. The van der Waals surface area contributed by atoms with Crippen molar-refractivity contribution in [3.8, 4) is 0 Å². The molecule has 0 bridgehead atoms. The first kappa shape index (κ1) is 12.4. The minimum absolute atomic E-state index is 1.01. The molecule has 0 aliphatic heterocycles. The average molecular weight is 223 g/mol. The van der Waals surface area contributed by atoms with E-state index >= 15 is 0 Å². The molecule has 0 saturated carbocycles. The lowest BCUT2D eigenvalue weighted by Crippen LogP contribution is -2.18. The normalized spacial score (nSPS) is 10.3. The van der Waals surface area contributed by atoms with Gasteiger partial charge in [-0.1, -0.05) is 24.1 Å². The Bertz CT molecular complexity index is 268. The number of hydrogen-bond acceptors (Lipinski definition) is 2. The lowest BCUT2D eigenvalue weighted by atomic mass is 10.2. The van der Waals surface area contributed by atoms with Gasteiger partial charge in [-0.3, -0.25) is 0 Å². The Kier molecular flexibility index (Phi) is 5.62. The highest BCUT2D eigenvalue weighted by Crippen LogP contribution is 2.14. The third kappa shape index (κ3) is 4.61. The summed E-state index contributed by atoms with van der Waals surface area (Å²) >= 11 is 4.21. The first-order chi connectivity index (χ1) is 7.24. The molecular weight excluding hydrogens is 202 g/mol.